The van der Waals surface area contributed by atoms with E-state index in [0.717, 1.165) is 4.88 Å². The minimum absolute atomic E-state index is 0.0320. The van der Waals surface area contributed by atoms with E-state index in [1.165, 1.54) is 12.1 Å². The van der Waals surface area contributed by atoms with Crippen molar-refractivity contribution in [2.24, 2.45) is 0 Å². The Morgan fingerprint density at radius 3 is 2.50 bits per heavy atom. The second-order valence-corrected chi connectivity index (χ2v) is 5.90. The van der Waals surface area contributed by atoms with E-state index in [2.05, 4.69) is 5.32 Å². The van der Waals surface area contributed by atoms with Crippen LogP contribution in [0.5, 0.6) is 0 Å². The van der Waals surface area contributed by atoms with Crippen LogP contribution in [0, 0.1) is 5.82 Å². The van der Waals surface area contributed by atoms with E-state index in [4.69, 9.17) is 0 Å². The molecular weight excluding hydrogens is 299 g/mol. The van der Waals surface area contributed by atoms with Crippen molar-refractivity contribution < 1.29 is 9.18 Å². The molecule has 3 rings (SSSR count). The summed E-state index contributed by atoms with van der Waals surface area (Å²) in [5, 5.41) is 4.81. The number of hydrogen-bond acceptors (Lipinski definition) is 2. The molecule has 0 radical (unpaired) electrons. The Hall–Kier alpha value is -2.40. The third kappa shape index (κ3) is 3.43. The zero-order chi connectivity index (χ0) is 15.4. The summed E-state index contributed by atoms with van der Waals surface area (Å²) < 4.78 is 14.9. The molecule has 1 amide bonds. The average Bonchev–Trinajstić information content (AvgIpc) is 3.21. The predicted molar refractivity (Wildman–Crippen MR) is 86.5 cm³/mol. The highest BCUT2D eigenvalue weighted by Crippen LogP contribution is 2.27. The lowest BCUT2D eigenvalue weighted by Crippen LogP contribution is -2.19. The third-order valence-electron chi connectivity index (χ3n) is 3.37. The molecule has 2 heterocycles. The molecule has 1 N–H and O–H groups in total. The summed E-state index contributed by atoms with van der Waals surface area (Å²) in [6, 6.07) is 13.6. The summed E-state index contributed by atoms with van der Waals surface area (Å²) >= 11 is 1.63. The Bertz CT molecular complexity index is 686. The quantitative estimate of drug-likeness (QED) is 0.748. The number of carbonyl (C=O) groups excluding carboxylic acids is 1. The molecule has 5 heteroatoms. The molecule has 0 spiro atoms. The first-order valence-corrected chi connectivity index (χ1v) is 7.81. The van der Waals surface area contributed by atoms with Crippen molar-refractivity contribution in [2.75, 3.05) is 5.32 Å². The van der Waals surface area contributed by atoms with E-state index in [0.29, 0.717) is 12.1 Å². The minimum atomic E-state index is -0.318. The van der Waals surface area contributed by atoms with Gasteiger partial charge in [0.15, 0.2) is 0 Å². The third-order valence-corrected chi connectivity index (χ3v) is 4.34. The van der Waals surface area contributed by atoms with Gasteiger partial charge in [-0.05, 0) is 47.8 Å². The molecule has 0 aliphatic carbocycles. The Morgan fingerprint density at radius 1 is 1.14 bits per heavy atom. The highest BCUT2D eigenvalue weighted by Gasteiger charge is 2.18. The van der Waals surface area contributed by atoms with Crippen LogP contribution in [0.1, 0.15) is 17.3 Å². The number of rotatable bonds is 5. The van der Waals surface area contributed by atoms with Crippen molar-refractivity contribution in [3.05, 3.63) is 77.0 Å². The molecule has 2 aromatic heterocycles. The van der Waals surface area contributed by atoms with E-state index in [1.807, 2.05) is 46.6 Å². The van der Waals surface area contributed by atoms with Crippen LogP contribution in [0.2, 0.25) is 0 Å². The minimum Gasteiger partial charge on any atom is -0.346 e. The molecule has 0 bridgehead atoms. The molecular formula is C17H15FN2OS. The summed E-state index contributed by atoms with van der Waals surface area (Å²) in [6.45, 7) is 0. The van der Waals surface area contributed by atoms with Crippen molar-refractivity contribution in [1.29, 1.82) is 0 Å². The van der Waals surface area contributed by atoms with Crippen molar-refractivity contribution in [3.63, 3.8) is 0 Å². The molecule has 1 aromatic carbocycles. The fraction of sp³-hybridized carbons (Fsp3) is 0.118. The molecule has 3 aromatic rings. The first-order chi connectivity index (χ1) is 10.7. The van der Waals surface area contributed by atoms with Crippen LogP contribution in [-0.2, 0) is 4.79 Å². The van der Waals surface area contributed by atoms with Gasteiger partial charge in [0.25, 0.3) is 0 Å². The van der Waals surface area contributed by atoms with Gasteiger partial charge in [-0.1, -0.05) is 6.07 Å². The fourth-order valence-corrected chi connectivity index (χ4v) is 3.14. The SMILES string of the molecule is O=C(C[C@H](c1cccs1)n1cccc1)Nc1ccc(F)cc1. The summed E-state index contributed by atoms with van der Waals surface area (Å²) in [4.78, 5) is 13.4. The monoisotopic (exact) mass is 314 g/mol. The van der Waals surface area contributed by atoms with Gasteiger partial charge in [-0.3, -0.25) is 4.79 Å². The highest BCUT2D eigenvalue weighted by atomic mass is 32.1. The molecule has 0 fully saturated rings. The number of halogens is 1. The van der Waals surface area contributed by atoms with Gasteiger partial charge in [0.1, 0.15) is 5.82 Å². The summed E-state index contributed by atoms with van der Waals surface area (Å²) in [5.41, 5.74) is 0.601. The number of anilines is 1. The number of nitrogens with zero attached hydrogens (tertiary/aromatic N) is 1. The topological polar surface area (TPSA) is 34.0 Å². The number of aromatic nitrogens is 1. The van der Waals surface area contributed by atoms with Crippen LogP contribution >= 0.6 is 11.3 Å². The van der Waals surface area contributed by atoms with Crippen LogP contribution < -0.4 is 5.32 Å². The number of carbonyl (C=O) groups is 1. The van der Waals surface area contributed by atoms with Gasteiger partial charge in [-0.15, -0.1) is 11.3 Å². The number of amides is 1. The van der Waals surface area contributed by atoms with Crippen molar-refractivity contribution in [1.82, 2.24) is 4.57 Å². The van der Waals surface area contributed by atoms with E-state index >= 15 is 0 Å². The van der Waals surface area contributed by atoms with E-state index in [9.17, 15) is 9.18 Å². The maximum absolute atomic E-state index is 12.9. The molecule has 0 aliphatic rings. The molecule has 0 unspecified atom stereocenters. The Kier molecular flexibility index (Phi) is 4.34. The van der Waals surface area contributed by atoms with Gasteiger partial charge < -0.3 is 9.88 Å². The molecule has 112 valence electrons. The van der Waals surface area contributed by atoms with E-state index in [-0.39, 0.29) is 17.8 Å². The molecule has 3 nitrogen and oxygen atoms in total. The standard InChI is InChI=1S/C17H15FN2OS/c18-13-5-7-14(8-6-13)19-17(21)12-15(16-4-3-11-22-16)20-9-1-2-10-20/h1-11,15H,12H2,(H,19,21)/t15-/m1/s1. The first-order valence-electron chi connectivity index (χ1n) is 6.93. The van der Waals surface area contributed by atoms with Crippen molar-refractivity contribution >= 4 is 22.9 Å². The number of thiophene rings is 1. The van der Waals surface area contributed by atoms with Crippen LogP contribution in [-0.4, -0.2) is 10.5 Å². The Morgan fingerprint density at radius 2 is 1.86 bits per heavy atom. The van der Waals surface area contributed by atoms with Crippen LogP contribution in [0.25, 0.3) is 0 Å². The second kappa shape index (κ2) is 6.58. The normalized spacial score (nSPS) is 12.0. The molecule has 0 aliphatic heterocycles. The van der Waals surface area contributed by atoms with Gasteiger partial charge >= 0.3 is 0 Å². The summed E-state index contributed by atoms with van der Waals surface area (Å²) in [6.07, 6.45) is 4.23. The summed E-state index contributed by atoms with van der Waals surface area (Å²) in [5.74, 6) is -0.416. The lowest BCUT2D eigenvalue weighted by atomic mass is 10.1. The maximum Gasteiger partial charge on any atom is 0.226 e. The molecule has 0 saturated carbocycles. The van der Waals surface area contributed by atoms with Crippen molar-refractivity contribution in [2.45, 2.75) is 12.5 Å². The van der Waals surface area contributed by atoms with Crippen LogP contribution in [0.3, 0.4) is 0 Å². The number of hydrogen-bond donors (Lipinski definition) is 1. The number of benzene rings is 1. The summed E-state index contributed by atoms with van der Waals surface area (Å²) in [7, 11) is 0. The van der Waals surface area contributed by atoms with E-state index < -0.39 is 0 Å². The number of nitrogens with one attached hydrogen (secondary N) is 1. The van der Waals surface area contributed by atoms with Crippen LogP contribution in [0.15, 0.2) is 66.3 Å². The first kappa shape index (κ1) is 14.5. The molecule has 22 heavy (non-hydrogen) atoms. The maximum atomic E-state index is 12.9. The predicted octanol–water partition coefficient (Wildman–Crippen LogP) is 4.31. The zero-order valence-electron chi connectivity index (χ0n) is 11.8. The van der Waals surface area contributed by atoms with Crippen LogP contribution in [0.4, 0.5) is 10.1 Å². The lowest BCUT2D eigenvalue weighted by molar-refractivity contribution is -0.116. The van der Waals surface area contributed by atoms with Gasteiger partial charge in [0.05, 0.1) is 12.5 Å². The highest BCUT2D eigenvalue weighted by molar-refractivity contribution is 7.10. The van der Waals surface area contributed by atoms with Gasteiger partial charge in [-0.2, -0.15) is 0 Å². The van der Waals surface area contributed by atoms with Gasteiger partial charge in [-0.25, -0.2) is 4.39 Å². The smallest absolute Gasteiger partial charge is 0.226 e. The molecule has 1 atom stereocenters. The second-order valence-electron chi connectivity index (χ2n) is 4.92. The van der Waals surface area contributed by atoms with Gasteiger partial charge in [0, 0.05) is 23.0 Å². The van der Waals surface area contributed by atoms with E-state index in [1.54, 1.807) is 23.5 Å². The molecule has 0 saturated heterocycles. The largest absolute Gasteiger partial charge is 0.346 e. The van der Waals surface area contributed by atoms with Crippen molar-refractivity contribution in [3.8, 4) is 0 Å². The lowest BCUT2D eigenvalue weighted by Gasteiger charge is -2.17. The Balaban J connectivity index is 1.73. The average molecular weight is 314 g/mol. The zero-order valence-corrected chi connectivity index (χ0v) is 12.6. The fourth-order valence-electron chi connectivity index (χ4n) is 2.31. The van der Waals surface area contributed by atoms with Gasteiger partial charge in [0.2, 0.25) is 5.91 Å². The Labute approximate surface area is 132 Å².